The van der Waals surface area contributed by atoms with Crippen LogP contribution >= 0.6 is 0 Å². The zero-order chi connectivity index (χ0) is 36.1. The molecule has 0 heterocycles. The van der Waals surface area contributed by atoms with Crippen LogP contribution in [-0.4, -0.2) is 66.8 Å². The van der Waals surface area contributed by atoms with Crippen LogP contribution in [0.2, 0.25) is 0 Å². The molecule has 4 unspecified atom stereocenters. The van der Waals surface area contributed by atoms with E-state index >= 15 is 0 Å². The van der Waals surface area contributed by atoms with Crippen molar-refractivity contribution in [2.45, 2.75) is 96.9 Å². The minimum absolute atomic E-state index is 0.0964. The molecule has 4 atom stereocenters. The van der Waals surface area contributed by atoms with E-state index in [4.69, 9.17) is 23.7 Å². The standard InChI is InChI=1S/C40H54O9/c1-9-11-12-13-21-40(5,44)39(43)29-18-20-32(35(24-29)47-8)49-36(25-41)37(30-15-14-16-33(45-6)38(30)42)28-17-19-31(34(23-28)46-7)48-27(4)22-26(3)10-2/h10,14-20,23-24,27,36-37,41-42,44H,9,11-13,21-22,25H2,1-8H3/b26-10+. The summed E-state index contributed by atoms with van der Waals surface area (Å²) < 4.78 is 29.5. The molecule has 3 rings (SSSR count). The summed E-state index contributed by atoms with van der Waals surface area (Å²) in [7, 11) is 4.49. The number of ether oxygens (including phenoxy) is 5. The summed E-state index contributed by atoms with van der Waals surface area (Å²) in [4.78, 5) is 13.3. The molecule has 0 saturated heterocycles. The molecular weight excluding hydrogens is 624 g/mol. The number of unbranched alkanes of at least 4 members (excludes halogenated alkanes) is 3. The molecule has 268 valence electrons. The molecule has 0 fully saturated rings. The quantitative estimate of drug-likeness (QED) is 0.0619. The van der Waals surface area contributed by atoms with Crippen molar-refractivity contribution in [1.82, 2.24) is 0 Å². The molecule has 3 aromatic rings. The molecule has 0 saturated carbocycles. The van der Waals surface area contributed by atoms with Crippen LogP contribution in [-0.2, 0) is 0 Å². The Balaban J connectivity index is 2.03. The average Bonchev–Trinajstić information content (AvgIpc) is 3.10. The lowest BCUT2D eigenvalue weighted by Crippen LogP contribution is -2.35. The summed E-state index contributed by atoms with van der Waals surface area (Å²) in [6.45, 7) is 9.25. The highest BCUT2D eigenvalue weighted by Gasteiger charge is 2.33. The van der Waals surface area contributed by atoms with Crippen LogP contribution in [0.1, 0.15) is 101 Å². The fourth-order valence-corrected chi connectivity index (χ4v) is 5.95. The van der Waals surface area contributed by atoms with Crippen LogP contribution in [0.3, 0.4) is 0 Å². The molecule has 0 aliphatic heterocycles. The third-order valence-electron chi connectivity index (χ3n) is 8.82. The Labute approximate surface area is 291 Å². The van der Waals surface area contributed by atoms with Gasteiger partial charge in [0.15, 0.2) is 40.3 Å². The summed E-state index contributed by atoms with van der Waals surface area (Å²) in [5.41, 5.74) is 1.10. The van der Waals surface area contributed by atoms with Crippen molar-refractivity contribution >= 4 is 5.78 Å². The summed E-state index contributed by atoms with van der Waals surface area (Å²) in [5.74, 6) is 0.605. The van der Waals surface area contributed by atoms with E-state index in [1.165, 1.54) is 25.9 Å². The molecular formula is C40H54O9. The van der Waals surface area contributed by atoms with Crippen molar-refractivity contribution in [2.24, 2.45) is 0 Å². The number of Topliss-reactive ketones (excluding diaryl/α,β-unsaturated/α-hetero) is 1. The van der Waals surface area contributed by atoms with Crippen LogP contribution in [0.5, 0.6) is 34.5 Å². The van der Waals surface area contributed by atoms with Crippen molar-refractivity contribution in [3.8, 4) is 34.5 Å². The number of para-hydroxylation sites is 1. The Morgan fingerprint density at radius 3 is 2.16 bits per heavy atom. The molecule has 3 N–H and O–H groups in total. The van der Waals surface area contributed by atoms with Crippen LogP contribution in [0.4, 0.5) is 0 Å². The first kappa shape index (κ1) is 39.2. The number of allylic oxidation sites excluding steroid dienone is 1. The topological polar surface area (TPSA) is 124 Å². The lowest BCUT2D eigenvalue weighted by atomic mass is 9.85. The number of hydrogen-bond donors (Lipinski definition) is 3. The second-order valence-electron chi connectivity index (χ2n) is 12.7. The van der Waals surface area contributed by atoms with E-state index in [0.29, 0.717) is 29.0 Å². The van der Waals surface area contributed by atoms with Crippen molar-refractivity contribution in [3.05, 3.63) is 82.9 Å². The van der Waals surface area contributed by atoms with Gasteiger partial charge in [-0.1, -0.05) is 62.5 Å². The highest BCUT2D eigenvalue weighted by atomic mass is 16.5. The number of ketones is 1. The second-order valence-corrected chi connectivity index (χ2v) is 12.7. The van der Waals surface area contributed by atoms with Gasteiger partial charge in [0.05, 0.1) is 40.0 Å². The minimum atomic E-state index is -1.53. The summed E-state index contributed by atoms with van der Waals surface area (Å²) >= 11 is 0. The van der Waals surface area contributed by atoms with Gasteiger partial charge in [0.25, 0.3) is 0 Å². The van der Waals surface area contributed by atoms with Gasteiger partial charge in [0.2, 0.25) is 0 Å². The number of aliphatic hydroxyl groups excluding tert-OH is 1. The van der Waals surface area contributed by atoms with Gasteiger partial charge >= 0.3 is 0 Å². The third-order valence-corrected chi connectivity index (χ3v) is 8.82. The molecule has 0 amide bonds. The lowest BCUT2D eigenvalue weighted by molar-refractivity contribution is 0.0354. The molecule has 0 aliphatic rings. The maximum Gasteiger partial charge on any atom is 0.194 e. The van der Waals surface area contributed by atoms with Gasteiger partial charge in [-0.2, -0.15) is 0 Å². The van der Waals surface area contributed by atoms with Gasteiger partial charge in [-0.15, -0.1) is 0 Å². The predicted molar refractivity (Wildman–Crippen MR) is 192 cm³/mol. The molecule has 49 heavy (non-hydrogen) atoms. The number of methoxy groups -OCH3 is 3. The number of phenolic OH excluding ortho intramolecular Hbond substituents is 1. The molecule has 9 heteroatoms. The molecule has 9 nitrogen and oxygen atoms in total. The molecule has 0 aromatic heterocycles. The Kier molecular flexibility index (Phi) is 14.8. The van der Waals surface area contributed by atoms with Gasteiger partial charge in [-0.05, 0) is 76.1 Å². The van der Waals surface area contributed by atoms with Gasteiger partial charge < -0.3 is 39.0 Å². The fourth-order valence-electron chi connectivity index (χ4n) is 5.95. The first-order valence-corrected chi connectivity index (χ1v) is 17.0. The Morgan fingerprint density at radius 1 is 0.878 bits per heavy atom. The van der Waals surface area contributed by atoms with E-state index in [0.717, 1.165) is 32.1 Å². The number of phenols is 1. The second kappa shape index (κ2) is 18.5. The predicted octanol–water partition coefficient (Wildman–Crippen LogP) is 8.02. The monoisotopic (exact) mass is 678 g/mol. The number of carbonyl (C=O) groups is 1. The smallest absolute Gasteiger partial charge is 0.194 e. The Bertz CT molecular complexity index is 1540. The van der Waals surface area contributed by atoms with E-state index in [1.54, 1.807) is 44.4 Å². The normalized spacial score (nSPS) is 14.7. The third kappa shape index (κ3) is 10.2. The van der Waals surface area contributed by atoms with Crippen LogP contribution in [0.25, 0.3) is 0 Å². The first-order chi connectivity index (χ1) is 23.4. The number of rotatable bonds is 20. The summed E-state index contributed by atoms with van der Waals surface area (Å²) in [6.07, 6.45) is 5.92. The van der Waals surface area contributed by atoms with Crippen molar-refractivity contribution in [2.75, 3.05) is 27.9 Å². The molecule has 0 bridgehead atoms. The zero-order valence-electron chi connectivity index (χ0n) is 30.2. The molecule has 3 aromatic carbocycles. The van der Waals surface area contributed by atoms with E-state index in [1.807, 2.05) is 32.0 Å². The highest BCUT2D eigenvalue weighted by Crippen LogP contribution is 2.43. The van der Waals surface area contributed by atoms with Crippen molar-refractivity contribution < 1.29 is 43.8 Å². The average molecular weight is 679 g/mol. The lowest BCUT2D eigenvalue weighted by Gasteiger charge is -2.29. The van der Waals surface area contributed by atoms with Crippen LogP contribution < -0.4 is 23.7 Å². The Hall–Kier alpha value is -4.21. The van der Waals surface area contributed by atoms with E-state index < -0.39 is 30.0 Å². The Morgan fingerprint density at radius 2 is 1.53 bits per heavy atom. The van der Waals surface area contributed by atoms with E-state index in [9.17, 15) is 20.1 Å². The van der Waals surface area contributed by atoms with Crippen molar-refractivity contribution in [1.29, 1.82) is 0 Å². The van der Waals surface area contributed by atoms with Gasteiger partial charge in [0.1, 0.15) is 11.7 Å². The van der Waals surface area contributed by atoms with E-state index in [2.05, 4.69) is 19.9 Å². The van der Waals surface area contributed by atoms with Crippen molar-refractivity contribution in [3.63, 3.8) is 0 Å². The fraction of sp³-hybridized carbons (Fsp3) is 0.475. The number of carbonyl (C=O) groups excluding carboxylic acids is 1. The molecule has 0 spiro atoms. The number of aliphatic hydroxyl groups is 2. The summed E-state index contributed by atoms with van der Waals surface area (Å²) in [6, 6.07) is 15.3. The van der Waals surface area contributed by atoms with Gasteiger partial charge in [-0.3, -0.25) is 4.79 Å². The highest BCUT2D eigenvalue weighted by molar-refractivity contribution is 6.02. The van der Waals surface area contributed by atoms with Crippen LogP contribution in [0, 0.1) is 0 Å². The largest absolute Gasteiger partial charge is 0.504 e. The number of aromatic hydroxyl groups is 1. The first-order valence-electron chi connectivity index (χ1n) is 17.0. The minimum Gasteiger partial charge on any atom is -0.504 e. The number of hydrogen-bond acceptors (Lipinski definition) is 9. The van der Waals surface area contributed by atoms with Crippen LogP contribution in [0.15, 0.2) is 66.2 Å². The van der Waals surface area contributed by atoms with E-state index in [-0.39, 0.29) is 34.7 Å². The maximum atomic E-state index is 13.3. The molecule has 0 aliphatic carbocycles. The number of benzene rings is 3. The van der Waals surface area contributed by atoms with Gasteiger partial charge in [-0.25, -0.2) is 0 Å². The SMILES string of the molecule is C/C=C(\C)CC(C)Oc1ccc(C(c2cccc(OC)c2O)C(CO)Oc2ccc(C(=O)C(C)(O)CCCCCC)cc2OC)cc1OC. The van der Waals surface area contributed by atoms with Gasteiger partial charge in [0, 0.05) is 17.5 Å². The maximum absolute atomic E-state index is 13.3. The zero-order valence-corrected chi connectivity index (χ0v) is 30.2. The molecule has 0 radical (unpaired) electrons. The summed E-state index contributed by atoms with van der Waals surface area (Å²) in [5, 5.41) is 33.1.